The van der Waals surface area contributed by atoms with Gasteiger partial charge in [-0.25, -0.2) is 4.98 Å². The molecule has 0 fully saturated rings. The van der Waals surface area contributed by atoms with Gasteiger partial charge in [0.25, 0.3) is 0 Å². The van der Waals surface area contributed by atoms with Crippen LogP contribution in [0.1, 0.15) is 27.8 Å². The number of fused-ring (bicyclic) bond motifs is 1. The first-order valence-corrected chi connectivity index (χ1v) is 5.96. The van der Waals surface area contributed by atoms with Crippen LogP contribution >= 0.6 is 0 Å². The third-order valence-electron chi connectivity index (χ3n) is 2.77. The van der Waals surface area contributed by atoms with Crippen molar-refractivity contribution in [3.8, 4) is 0 Å². The number of hydrogen-bond donors (Lipinski definition) is 1. The second-order valence-electron chi connectivity index (χ2n) is 4.55. The summed E-state index contributed by atoms with van der Waals surface area (Å²) in [4.78, 5) is 6.56. The third-order valence-corrected chi connectivity index (χ3v) is 2.77. The molecule has 1 atom stereocenters. The molecule has 0 aliphatic carbocycles. The zero-order chi connectivity index (χ0) is 12.2. The van der Waals surface area contributed by atoms with Crippen LogP contribution in [-0.4, -0.2) is 37.1 Å². The van der Waals surface area contributed by atoms with Crippen LogP contribution in [0.5, 0.6) is 0 Å². The largest absolute Gasteiger partial charge is 0.369 e. The van der Waals surface area contributed by atoms with E-state index in [9.17, 15) is 0 Å². The third kappa shape index (κ3) is 2.53. The molecule has 1 aromatic rings. The van der Waals surface area contributed by atoms with E-state index in [2.05, 4.69) is 42.3 Å². The minimum absolute atomic E-state index is 0. The molecule has 3 heteroatoms. The first-order chi connectivity index (χ1) is 7.62. The molecule has 16 heavy (non-hydrogen) atoms. The number of aromatic nitrogens is 1. The monoisotopic (exact) mass is 223 g/mol. The lowest BCUT2D eigenvalue weighted by Crippen LogP contribution is -2.36. The molecule has 0 amide bonds. The van der Waals surface area contributed by atoms with Crippen LogP contribution in [0.2, 0.25) is 0 Å². The molecule has 0 spiro atoms. The summed E-state index contributed by atoms with van der Waals surface area (Å²) in [6.45, 7) is 8.32. The second-order valence-corrected chi connectivity index (χ2v) is 4.55. The Morgan fingerprint density at radius 3 is 2.81 bits per heavy atom. The zero-order valence-electron chi connectivity index (χ0n) is 11.0. The quantitative estimate of drug-likeness (QED) is 0.835. The van der Waals surface area contributed by atoms with Crippen LogP contribution < -0.4 is 5.32 Å². The van der Waals surface area contributed by atoms with E-state index < -0.39 is 0 Å². The number of hydrogen-bond acceptors (Lipinski definition) is 3. The van der Waals surface area contributed by atoms with Gasteiger partial charge in [-0.2, -0.15) is 0 Å². The summed E-state index contributed by atoms with van der Waals surface area (Å²) in [6.07, 6.45) is 1.84. The Morgan fingerprint density at radius 1 is 1.50 bits per heavy atom. The first-order valence-electron chi connectivity index (χ1n) is 5.96. The van der Waals surface area contributed by atoms with Gasteiger partial charge in [0.15, 0.2) is 0 Å². The maximum absolute atomic E-state index is 4.33. The van der Waals surface area contributed by atoms with Crippen molar-refractivity contribution < 1.29 is 1.43 Å². The fourth-order valence-electron chi connectivity index (χ4n) is 2.25. The lowest BCUT2D eigenvalue weighted by Gasteiger charge is -2.27. The molecule has 0 radical (unpaired) electrons. The minimum atomic E-state index is 0. The van der Waals surface area contributed by atoms with E-state index in [1.54, 1.807) is 0 Å². The number of pyridine rings is 1. The van der Waals surface area contributed by atoms with Crippen LogP contribution in [0.4, 0.5) is 5.82 Å². The Morgan fingerprint density at radius 2 is 2.19 bits per heavy atom. The zero-order valence-corrected chi connectivity index (χ0v) is 11.0. The number of rotatable bonds is 2. The number of nitrogens with one attached hydrogen (secondary N) is 1. The summed E-state index contributed by atoms with van der Waals surface area (Å²) in [7, 11) is 4.22. The summed E-state index contributed by atoms with van der Waals surface area (Å²) in [5.41, 5.74) is 1.54. The predicted octanol–water partition coefficient (Wildman–Crippen LogP) is 2.60. The van der Waals surface area contributed by atoms with Gasteiger partial charge in [-0.05, 0) is 20.2 Å². The fourth-order valence-corrected chi connectivity index (χ4v) is 2.25. The second kappa shape index (κ2) is 5.30. The summed E-state index contributed by atoms with van der Waals surface area (Å²) in [5, 5.41) is 3.36. The first kappa shape index (κ1) is 13.0. The van der Waals surface area contributed by atoms with E-state index in [1.807, 2.05) is 26.1 Å². The molecule has 92 valence electrons. The van der Waals surface area contributed by atoms with Crippen LogP contribution in [0.15, 0.2) is 18.3 Å². The van der Waals surface area contributed by atoms with Crippen molar-refractivity contribution in [3.63, 3.8) is 0 Å². The number of likely N-dealkylation sites (N-methyl/N-ethyl adjacent to an activating group) is 1. The Bertz CT molecular complexity index is 341. The summed E-state index contributed by atoms with van der Waals surface area (Å²) < 4.78 is 0. The minimum Gasteiger partial charge on any atom is -0.369 e. The SMILES string of the molecule is CC.CN(C)CC1(C)CNc2ncccc21.[HH]. The van der Waals surface area contributed by atoms with E-state index >= 15 is 0 Å². The molecule has 3 nitrogen and oxygen atoms in total. The standard InChI is InChI=1S/C11H17N3.C2H6.H2/c1-11(8-14(2)3)7-13-10-9(11)5-4-6-12-10;1-2;/h4-6H,7-8H2,1-3H3,(H,12,13);1-2H3;1H. The Kier molecular flexibility index (Phi) is 4.30. The Labute approximate surface area is 100 Å². The molecule has 2 heterocycles. The van der Waals surface area contributed by atoms with Crippen LogP contribution in [-0.2, 0) is 5.41 Å². The van der Waals surface area contributed by atoms with Gasteiger partial charge in [0.2, 0.25) is 0 Å². The number of nitrogens with zero attached hydrogens (tertiary/aromatic N) is 2. The summed E-state index contributed by atoms with van der Waals surface area (Å²) in [5.74, 6) is 1.05. The van der Waals surface area contributed by atoms with Crippen LogP contribution in [0, 0.1) is 0 Å². The number of anilines is 1. The van der Waals surface area contributed by atoms with Crippen molar-refractivity contribution >= 4 is 5.82 Å². The van der Waals surface area contributed by atoms with E-state index in [0.29, 0.717) is 0 Å². The molecule has 0 aromatic carbocycles. The lowest BCUT2D eigenvalue weighted by molar-refractivity contribution is 0.315. The smallest absolute Gasteiger partial charge is 0.129 e. The molecular weight excluding hydrogens is 198 g/mol. The van der Waals surface area contributed by atoms with Crippen LogP contribution in [0.3, 0.4) is 0 Å². The van der Waals surface area contributed by atoms with Crippen molar-refractivity contribution in [2.24, 2.45) is 0 Å². The molecule has 0 saturated carbocycles. The van der Waals surface area contributed by atoms with Gasteiger partial charge in [-0.15, -0.1) is 0 Å². The summed E-state index contributed by atoms with van der Waals surface area (Å²) in [6, 6.07) is 4.19. The van der Waals surface area contributed by atoms with Gasteiger partial charge in [0.1, 0.15) is 5.82 Å². The van der Waals surface area contributed by atoms with Gasteiger partial charge >= 0.3 is 0 Å². The highest BCUT2D eigenvalue weighted by molar-refractivity contribution is 5.54. The van der Waals surface area contributed by atoms with Crippen molar-refractivity contribution in [2.45, 2.75) is 26.2 Å². The van der Waals surface area contributed by atoms with Crippen molar-refractivity contribution in [1.29, 1.82) is 0 Å². The van der Waals surface area contributed by atoms with Gasteiger partial charge in [-0.1, -0.05) is 26.8 Å². The van der Waals surface area contributed by atoms with E-state index in [4.69, 9.17) is 0 Å². The highest BCUT2D eigenvalue weighted by Gasteiger charge is 2.35. The average Bonchev–Trinajstić information content (AvgIpc) is 2.59. The Balaban J connectivity index is 0.000000811. The summed E-state index contributed by atoms with van der Waals surface area (Å²) >= 11 is 0. The van der Waals surface area contributed by atoms with Crippen molar-refractivity contribution in [1.82, 2.24) is 9.88 Å². The molecule has 1 unspecified atom stereocenters. The molecule has 1 aliphatic rings. The van der Waals surface area contributed by atoms with E-state index in [-0.39, 0.29) is 6.84 Å². The normalized spacial score (nSPS) is 22.1. The highest BCUT2D eigenvalue weighted by Crippen LogP contribution is 2.34. The molecule has 1 N–H and O–H groups in total. The van der Waals surface area contributed by atoms with Crippen molar-refractivity contribution in [2.75, 3.05) is 32.5 Å². The molecule has 2 rings (SSSR count). The lowest BCUT2D eigenvalue weighted by atomic mass is 9.85. The van der Waals surface area contributed by atoms with E-state index in [1.165, 1.54) is 5.56 Å². The highest BCUT2D eigenvalue weighted by atomic mass is 15.1. The maximum Gasteiger partial charge on any atom is 0.129 e. The maximum atomic E-state index is 4.33. The molecule has 1 aliphatic heterocycles. The van der Waals surface area contributed by atoms with Gasteiger partial charge in [0.05, 0.1) is 0 Å². The fraction of sp³-hybridized carbons (Fsp3) is 0.615. The molecular formula is C13H25N3. The average molecular weight is 223 g/mol. The topological polar surface area (TPSA) is 28.2 Å². The van der Waals surface area contributed by atoms with Crippen LogP contribution in [0.25, 0.3) is 0 Å². The van der Waals surface area contributed by atoms with E-state index in [0.717, 1.165) is 18.9 Å². The predicted molar refractivity (Wildman–Crippen MR) is 72.1 cm³/mol. The van der Waals surface area contributed by atoms with Gasteiger partial charge < -0.3 is 10.2 Å². The van der Waals surface area contributed by atoms with Gasteiger partial charge in [0, 0.05) is 31.7 Å². The van der Waals surface area contributed by atoms with Gasteiger partial charge in [-0.3, -0.25) is 0 Å². The molecule has 0 bridgehead atoms. The Hall–Kier alpha value is -1.09. The van der Waals surface area contributed by atoms with Crippen molar-refractivity contribution in [3.05, 3.63) is 23.9 Å². The molecule has 1 aromatic heterocycles. The molecule has 0 saturated heterocycles.